The molecule has 0 bridgehead atoms. The number of nitrogens with zero attached hydrogens (tertiary/aromatic N) is 3. The highest BCUT2D eigenvalue weighted by Gasteiger charge is 2.36. The molecular formula is C19H19N5O4S2. The number of thiazole rings is 1. The molecule has 9 nitrogen and oxygen atoms in total. The lowest BCUT2D eigenvalue weighted by Gasteiger charge is -2.06. The Hall–Kier alpha value is -3.05. The Kier molecular flexibility index (Phi) is 5.64. The van der Waals surface area contributed by atoms with Crippen molar-refractivity contribution in [3.63, 3.8) is 0 Å². The lowest BCUT2D eigenvalue weighted by atomic mass is 10.1. The third kappa shape index (κ3) is 4.92. The smallest absolute Gasteiger partial charge is 0.316 e. The quantitative estimate of drug-likeness (QED) is 0.546. The van der Waals surface area contributed by atoms with Gasteiger partial charge in [0.1, 0.15) is 0 Å². The minimum absolute atomic E-state index is 0.0513. The third-order valence-corrected chi connectivity index (χ3v) is 7.16. The van der Waals surface area contributed by atoms with Gasteiger partial charge in [-0.2, -0.15) is 0 Å². The summed E-state index contributed by atoms with van der Waals surface area (Å²) in [5.41, 5.74) is 2.89. The molecule has 1 amide bonds. The van der Waals surface area contributed by atoms with Crippen LogP contribution in [0.4, 0.5) is 10.8 Å². The van der Waals surface area contributed by atoms with E-state index in [4.69, 9.17) is 4.74 Å². The molecule has 1 aliphatic carbocycles. The van der Waals surface area contributed by atoms with Gasteiger partial charge < -0.3 is 10.1 Å². The molecule has 3 aromatic rings. The van der Waals surface area contributed by atoms with Crippen LogP contribution in [0.2, 0.25) is 0 Å². The SMILES string of the molecule is COc1ncc(-c2ccc(NC(=O)Cc3csc(NS(=O)(=O)C4CC4)n3)cc2)cn1. The highest BCUT2D eigenvalue weighted by atomic mass is 32.2. The fourth-order valence-electron chi connectivity index (χ4n) is 2.70. The molecule has 0 atom stereocenters. The van der Waals surface area contributed by atoms with Gasteiger partial charge in [0.15, 0.2) is 5.13 Å². The molecule has 0 aliphatic heterocycles. The fourth-order valence-corrected chi connectivity index (χ4v) is 5.01. The molecule has 4 rings (SSSR count). The number of benzene rings is 1. The molecule has 30 heavy (non-hydrogen) atoms. The summed E-state index contributed by atoms with van der Waals surface area (Å²) in [5.74, 6) is -0.238. The van der Waals surface area contributed by atoms with E-state index < -0.39 is 10.0 Å². The minimum Gasteiger partial charge on any atom is -0.467 e. The van der Waals surface area contributed by atoms with Crippen molar-refractivity contribution >= 4 is 38.1 Å². The first kappa shape index (κ1) is 20.2. The molecule has 0 spiro atoms. The predicted octanol–water partition coefficient (Wildman–Crippen LogP) is 2.69. The molecule has 2 aromatic heterocycles. The van der Waals surface area contributed by atoms with Gasteiger partial charge in [0.05, 0.1) is 24.5 Å². The van der Waals surface area contributed by atoms with E-state index in [0.717, 1.165) is 11.1 Å². The molecule has 0 radical (unpaired) electrons. The zero-order chi connectivity index (χ0) is 21.1. The van der Waals surface area contributed by atoms with Crippen molar-refractivity contribution in [2.45, 2.75) is 24.5 Å². The van der Waals surface area contributed by atoms with Crippen LogP contribution in [0.3, 0.4) is 0 Å². The number of ether oxygens (including phenoxy) is 1. The Morgan fingerprint density at radius 3 is 2.50 bits per heavy atom. The normalized spacial score (nSPS) is 13.6. The molecule has 0 saturated heterocycles. The summed E-state index contributed by atoms with van der Waals surface area (Å²) in [6.07, 6.45) is 4.74. The summed E-state index contributed by atoms with van der Waals surface area (Å²) in [5, 5.41) is 4.46. The Morgan fingerprint density at radius 2 is 1.87 bits per heavy atom. The van der Waals surface area contributed by atoms with Crippen molar-refractivity contribution in [1.82, 2.24) is 15.0 Å². The molecule has 2 N–H and O–H groups in total. The number of amides is 1. The lowest BCUT2D eigenvalue weighted by molar-refractivity contribution is -0.115. The van der Waals surface area contributed by atoms with Crippen LogP contribution in [0, 0.1) is 0 Å². The second-order valence-electron chi connectivity index (χ2n) is 6.75. The minimum atomic E-state index is -3.35. The Bertz CT molecular complexity index is 1140. The van der Waals surface area contributed by atoms with Gasteiger partial charge in [-0.1, -0.05) is 12.1 Å². The van der Waals surface area contributed by atoms with Gasteiger partial charge in [-0.15, -0.1) is 11.3 Å². The van der Waals surface area contributed by atoms with Gasteiger partial charge in [-0.25, -0.2) is 23.4 Å². The van der Waals surface area contributed by atoms with Crippen molar-refractivity contribution in [1.29, 1.82) is 0 Å². The van der Waals surface area contributed by atoms with Gasteiger partial charge in [0.25, 0.3) is 0 Å². The van der Waals surface area contributed by atoms with E-state index in [-0.39, 0.29) is 22.7 Å². The van der Waals surface area contributed by atoms with Gasteiger partial charge in [-0.05, 0) is 30.5 Å². The topological polar surface area (TPSA) is 123 Å². The van der Waals surface area contributed by atoms with Crippen LogP contribution in [0.25, 0.3) is 11.1 Å². The molecule has 2 heterocycles. The van der Waals surface area contributed by atoms with Gasteiger partial charge >= 0.3 is 6.01 Å². The average Bonchev–Trinajstić information content (AvgIpc) is 3.52. The van der Waals surface area contributed by atoms with Crippen LogP contribution in [0.5, 0.6) is 6.01 Å². The van der Waals surface area contributed by atoms with E-state index in [1.54, 1.807) is 29.9 Å². The third-order valence-electron chi connectivity index (χ3n) is 4.40. The van der Waals surface area contributed by atoms with Gasteiger partial charge in [0, 0.05) is 29.0 Å². The van der Waals surface area contributed by atoms with Crippen molar-refractivity contribution in [3.05, 3.63) is 47.7 Å². The Morgan fingerprint density at radius 1 is 1.17 bits per heavy atom. The average molecular weight is 446 g/mol. The maximum Gasteiger partial charge on any atom is 0.316 e. The standard InChI is InChI=1S/C19H19N5O4S2/c1-28-18-20-9-13(10-21-18)12-2-4-14(5-3-12)22-17(25)8-15-11-29-19(23-15)24-30(26,27)16-6-7-16/h2-5,9-11,16H,6-8H2,1H3,(H,22,25)(H,23,24). The van der Waals surface area contributed by atoms with Crippen LogP contribution in [0.1, 0.15) is 18.5 Å². The largest absolute Gasteiger partial charge is 0.467 e. The zero-order valence-electron chi connectivity index (χ0n) is 16.0. The van der Waals surface area contributed by atoms with Crippen molar-refractivity contribution < 1.29 is 17.9 Å². The number of methoxy groups -OCH3 is 1. The first-order valence-corrected chi connectivity index (χ1v) is 11.6. The summed E-state index contributed by atoms with van der Waals surface area (Å²) in [6, 6.07) is 7.58. The van der Waals surface area contributed by atoms with Gasteiger partial charge in [-0.3, -0.25) is 9.52 Å². The molecule has 156 valence electrons. The highest BCUT2D eigenvalue weighted by Crippen LogP contribution is 2.30. The van der Waals surface area contributed by atoms with E-state index in [2.05, 4.69) is 25.0 Å². The number of rotatable bonds is 8. The van der Waals surface area contributed by atoms with Crippen molar-refractivity contribution in [2.24, 2.45) is 0 Å². The summed E-state index contributed by atoms with van der Waals surface area (Å²) < 4.78 is 31.3. The maximum atomic E-state index is 12.3. The first-order chi connectivity index (χ1) is 14.4. The van der Waals surface area contributed by atoms with Crippen LogP contribution in [-0.4, -0.2) is 41.6 Å². The van der Waals surface area contributed by atoms with Crippen LogP contribution >= 0.6 is 11.3 Å². The van der Waals surface area contributed by atoms with Crippen molar-refractivity contribution in [3.8, 4) is 17.1 Å². The number of anilines is 2. The van der Waals surface area contributed by atoms with E-state index in [1.807, 2.05) is 12.1 Å². The van der Waals surface area contributed by atoms with E-state index in [0.29, 0.717) is 30.2 Å². The number of nitrogens with one attached hydrogen (secondary N) is 2. The monoisotopic (exact) mass is 445 g/mol. The fraction of sp³-hybridized carbons (Fsp3) is 0.263. The van der Waals surface area contributed by atoms with E-state index in [9.17, 15) is 13.2 Å². The molecule has 1 fully saturated rings. The van der Waals surface area contributed by atoms with Crippen LogP contribution in [-0.2, 0) is 21.2 Å². The molecule has 1 saturated carbocycles. The summed E-state index contributed by atoms with van der Waals surface area (Å²) in [7, 11) is -1.85. The van der Waals surface area contributed by atoms with Crippen LogP contribution in [0.15, 0.2) is 42.0 Å². The molecule has 1 aliphatic rings. The zero-order valence-corrected chi connectivity index (χ0v) is 17.7. The number of sulfonamides is 1. The molecule has 0 unspecified atom stereocenters. The van der Waals surface area contributed by atoms with Gasteiger partial charge in [0.2, 0.25) is 15.9 Å². The molecule has 1 aromatic carbocycles. The lowest BCUT2D eigenvalue weighted by Crippen LogP contribution is -2.17. The number of hydrogen-bond donors (Lipinski definition) is 2. The highest BCUT2D eigenvalue weighted by molar-refractivity contribution is 7.93. The number of carbonyl (C=O) groups is 1. The Balaban J connectivity index is 1.33. The summed E-state index contributed by atoms with van der Waals surface area (Å²) in [6.45, 7) is 0. The predicted molar refractivity (Wildman–Crippen MR) is 114 cm³/mol. The van der Waals surface area contributed by atoms with E-state index >= 15 is 0 Å². The second kappa shape index (κ2) is 8.36. The number of carbonyl (C=O) groups excluding carboxylic acids is 1. The van der Waals surface area contributed by atoms with E-state index in [1.165, 1.54) is 18.4 Å². The maximum absolute atomic E-state index is 12.3. The number of aromatic nitrogens is 3. The number of hydrogen-bond acceptors (Lipinski definition) is 8. The first-order valence-electron chi connectivity index (χ1n) is 9.15. The Labute approximate surface area is 177 Å². The summed E-state index contributed by atoms with van der Waals surface area (Å²) in [4.78, 5) is 24.7. The van der Waals surface area contributed by atoms with Crippen molar-refractivity contribution in [2.75, 3.05) is 17.1 Å². The summed E-state index contributed by atoms with van der Waals surface area (Å²) >= 11 is 1.17. The van der Waals surface area contributed by atoms with Crippen LogP contribution < -0.4 is 14.8 Å². The second-order valence-corrected chi connectivity index (χ2v) is 9.57. The molecule has 11 heteroatoms. The molecular weight excluding hydrogens is 426 g/mol.